The molecular weight excluding hydrogens is 335 g/mol. The third-order valence-electron chi connectivity index (χ3n) is 5.29. The van der Waals surface area contributed by atoms with Gasteiger partial charge in [0.2, 0.25) is 0 Å². The van der Waals surface area contributed by atoms with E-state index in [4.69, 9.17) is 4.74 Å². The van der Waals surface area contributed by atoms with Crippen LogP contribution in [0.5, 0.6) is 5.75 Å². The third-order valence-corrected chi connectivity index (χ3v) is 5.29. The van der Waals surface area contributed by atoms with Gasteiger partial charge in [0, 0.05) is 39.3 Å². The van der Waals surface area contributed by atoms with Crippen LogP contribution in [-0.2, 0) is 6.54 Å². The highest BCUT2D eigenvalue weighted by molar-refractivity contribution is 5.28. The van der Waals surface area contributed by atoms with Crippen LogP contribution in [0, 0.1) is 0 Å². The summed E-state index contributed by atoms with van der Waals surface area (Å²) in [6, 6.07) is 7.93. The fourth-order valence-electron chi connectivity index (χ4n) is 3.70. The van der Waals surface area contributed by atoms with Gasteiger partial charge in [0.05, 0.1) is 6.10 Å². The smallest absolute Gasteiger partial charge is 0.119 e. The van der Waals surface area contributed by atoms with Gasteiger partial charge >= 0.3 is 0 Å². The molecule has 0 bridgehead atoms. The first-order valence-electron chi connectivity index (χ1n) is 9.75. The molecule has 2 heterocycles. The number of alkyl halides is 1. The maximum atomic E-state index is 13.2. The van der Waals surface area contributed by atoms with E-state index in [1.165, 1.54) is 0 Å². The lowest BCUT2D eigenvalue weighted by molar-refractivity contribution is 0.0337. The minimum absolute atomic E-state index is 0.196. The third kappa shape index (κ3) is 6.20. The van der Waals surface area contributed by atoms with E-state index in [1.54, 1.807) is 0 Å². The van der Waals surface area contributed by atoms with Crippen molar-refractivity contribution in [2.75, 3.05) is 39.3 Å². The summed E-state index contributed by atoms with van der Waals surface area (Å²) in [7, 11) is 0. The van der Waals surface area contributed by atoms with Crippen molar-refractivity contribution in [1.82, 2.24) is 9.80 Å². The Bertz CT molecular complexity index is 544. The predicted octanol–water partition coefficient (Wildman–Crippen LogP) is 1.82. The molecule has 146 valence electrons. The zero-order chi connectivity index (χ0) is 18.4. The van der Waals surface area contributed by atoms with E-state index in [1.807, 2.05) is 18.2 Å². The summed E-state index contributed by atoms with van der Waals surface area (Å²) < 4.78 is 19.0. The average molecular weight is 366 g/mol. The van der Waals surface area contributed by atoms with Crippen LogP contribution in [0.4, 0.5) is 4.39 Å². The van der Waals surface area contributed by atoms with Gasteiger partial charge < -0.3 is 19.8 Å². The lowest BCUT2D eigenvalue weighted by atomic mass is 10.1. The Morgan fingerprint density at radius 1 is 1.08 bits per heavy atom. The van der Waals surface area contributed by atoms with E-state index in [0.717, 1.165) is 56.9 Å². The summed E-state index contributed by atoms with van der Waals surface area (Å²) in [5.74, 6) is 0.760. The van der Waals surface area contributed by atoms with Crippen molar-refractivity contribution in [2.45, 2.75) is 50.6 Å². The lowest BCUT2D eigenvalue weighted by Crippen LogP contribution is -2.41. The summed E-state index contributed by atoms with van der Waals surface area (Å²) in [6.07, 6.45) is 1.40. The average Bonchev–Trinajstić information content (AvgIpc) is 2.64. The molecule has 26 heavy (non-hydrogen) atoms. The van der Waals surface area contributed by atoms with Crippen LogP contribution in [0.15, 0.2) is 24.3 Å². The highest BCUT2D eigenvalue weighted by Crippen LogP contribution is 2.19. The molecule has 2 saturated heterocycles. The quantitative estimate of drug-likeness (QED) is 0.771. The van der Waals surface area contributed by atoms with E-state index in [2.05, 4.69) is 15.9 Å². The van der Waals surface area contributed by atoms with Crippen molar-refractivity contribution in [2.24, 2.45) is 0 Å². The van der Waals surface area contributed by atoms with Gasteiger partial charge in [-0.1, -0.05) is 12.1 Å². The molecule has 0 aliphatic carbocycles. The molecule has 6 heteroatoms. The molecule has 3 rings (SSSR count). The van der Waals surface area contributed by atoms with E-state index in [-0.39, 0.29) is 12.7 Å². The first kappa shape index (κ1) is 19.5. The number of hydrogen-bond acceptors (Lipinski definition) is 5. The number of rotatable bonds is 7. The monoisotopic (exact) mass is 366 g/mol. The molecule has 2 fully saturated rings. The highest BCUT2D eigenvalue weighted by Gasteiger charge is 2.20. The molecule has 5 nitrogen and oxygen atoms in total. The Kier molecular flexibility index (Phi) is 7.25. The summed E-state index contributed by atoms with van der Waals surface area (Å²) in [6.45, 7) is 4.89. The van der Waals surface area contributed by atoms with Crippen LogP contribution < -0.4 is 4.74 Å². The van der Waals surface area contributed by atoms with Crippen LogP contribution in [0.25, 0.3) is 0 Å². The normalized spacial score (nSPS) is 22.4. The van der Waals surface area contributed by atoms with Crippen molar-refractivity contribution in [3.63, 3.8) is 0 Å². The van der Waals surface area contributed by atoms with Crippen molar-refractivity contribution in [1.29, 1.82) is 0 Å². The number of hydrogen-bond donors (Lipinski definition) is 2. The SMILES string of the molecule is OC1CCN(CC(O)COc2cccc(CN3CCC(F)CC3)c2)CC1. The van der Waals surface area contributed by atoms with Crippen molar-refractivity contribution >= 4 is 0 Å². The first-order valence-corrected chi connectivity index (χ1v) is 9.75. The Labute approximate surface area is 155 Å². The van der Waals surface area contributed by atoms with Gasteiger partial charge in [-0.3, -0.25) is 4.90 Å². The van der Waals surface area contributed by atoms with Gasteiger partial charge in [-0.25, -0.2) is 4.39 Å². The largest absolute Gasteiger partial charge is 0.491 e. The molecule has 0 saturated carbocycles. The number of nitrogens with zero attached hydrogens (tertiary/aromatic N) is 2. The minimum Gasteiger partial charge on any atom is -0.491 e. The number of halogens is 1. The Morgan fingerprint density at radius 2 is 1.77 bits per heavy atom. The van der Waals surface area contributed by atoms with E-state index in [0.29, 0.717) is 19.4 Å². The molecule has 0 aromatic heterocycles. The molecule has 0 spiro atoms. The molecule has 1 aromatic carbocycles. The van der Waals surface area contributed by atoms with Crippen LogP contribution in [-0.4, -0.2) is 77.7 Å². The zero-order valence-electron chi connectivity index (χ0n) is 15.4. The molecule has 2 aliphatic rings. The Morgan fingerprint density at radius 3 is 2.50 bits per heavy atom. The van der Waals surface area contributed by atoms with E-state index in [9.17, 15) is 14.6 Å². The Balaban J connectivity index is 1.41. The maximum absolute atomic E-state index is 13.2. The number of likely N-dealkylation sites (tertiary alicyclic amines) is 2. The Hall–Kier alpha value is -1.21. The van der Waals surface area contributed by atoms with Gasteiger partial charge in [0.25, 0.3) is 0 Å². The topological polar surface area (TPSA) is 56.2 Å². The van der Waals surface area contributed by atoms with Gasteiger partial charge in [0.1, 0.15) is 24.6 Å². The van der Waals surface area contributed by atoms with E-state index < -0.39 is 12.3 Å². The number of β-amino-alcohol motifs (C(OH)–C–C–N with tert-alkyl or cyclic N) is 1. The molecule has 2 aliphatic heterocycles. The van der Waals surface area contributed by atoms with Crippen LogP contribution in [0.3, 0.4) is 0 Å². The van der Waals surface area contributed by atoms with Crippen molar-refractivity contribution < 1.29 is 19.3 Å². The molecular formula is C20H31FN2O3. The number of benzene rings is 1. The van der Waals surface area contributed by atoms with Crippen LogP contribution in [0.2, 0.25) is 0 Å². The first-order chi connectivity index (χ1) is 12.6. The second-order valence-electron chi connectivity index (χ2n) is 7.59. The minimum atomic E-state index is -0.648. The fourth-order valence-corrected chi connectivity index (χ4v) is 3.70. The zero-order valence-corrected chi connectivity index (χ0v) is 15.4. The summed E-state index contributed by atoms with van der Waals surface area (Å²) >= 11 is 0. The fraction of sp³-hybridized carbons (Fsp3) is 0.700. The van der Waals surface area contributed by atoms with Crippen LogP contribution in [0.1, 0.15) is 31.2 Å². The molecule has 1 unspecified atom stereocenters. The maximum Gasteiger partial charge on any atom is 0.119 e. The van der Waals surface area contributed by atoms with Crippen molar-refractivity contribution in [3.8, 4) is 5.75 Å². The van der Waals surface area contributed by atoms with Gasteiger partial charge in [-0.05, 0) is 43.4 Å². The predicted molar refractivity (Wildman–Crippen MR) is 99.0 cm³/mol. The number of aliphatic hydroxyl groups is 2. The second-order valence-corrected chi connectivity index (χ2v) is 7.59. The highest BCUT2D eigenvalue weighted by atomic mass is 19.1. The van der Waals surface area contributed by atoms with Gasteiger partial charge in [0.15, 0.2) is 0 Å². The molecule has 1 aromatic rings. The summed E-state index contributed by atoms with van der Waals surface area (Å²) in [5, 5.41) is 19.7. The van der Waals surface area contributed by atoms with Crippen molar-refractivity contribution in [3.05, 3.63) is 29.8 Å². The van der Waals surface area contributed by atoms with E-state index >= 15 is 0 Å². The number of aliphatic hydroxyl groups excluding tert-OH is 2. The van der Waals surface area contributed by atoms with Gasteiger partial charge in [-0.15, -0.1) is 0 Å². The van der Waals surface area contributed by atoms with Crippen LogP contribution >= 0.6 is 0 Å². The molecule has 2 N–H and O–H groups in total. The van der Waals surface area contributed by atoms with Gasteiger partial charge in [-0.2, -0.15) is 0 Å². The number of ether oxygens (including phenoxy) is 1. The molecule has 1 atom stereocenters. The number of piperidine rings is 2. The standard InChI is InChI=1S/C20H31FN2O3/c21-17-4-8-22(9-5-17)13-16-2-1-3-20(12-16)26-15-19(25)14-23-10-6-18(24)7-11-23/h1-3,12,17-19,24-25H,4-11,13-15H2. The molecule has 0 radical (unpaired) electrons. The second kappa shape index (κ2) is 9.65. The summed E-state index contributed by atoms with van der Waals surface area (Å²) in [5.41, 5.74) is 1.15. The lowest BCUT2D eigenvalue weighted by Gasteiger charge is -2.31. The summed E-state index contributed by atoms with van der Waals surface area (Å²) in [4.78, 5) is 4.44. The molecule has 0 amide bonds.